The molecule has 0 aliphatic rings. The van der Waals surface area contributed by atoms with Gasteiger partial charge in [0.25, 0.3) is 5.69 Å². The second kappa shape index (κ2) is 5.70. The normalized spacial score (nSPS) is 13.4. The van der Waals surface area contributed by atoms with Crippen LogP contribution in [0.15, 0.2) is 48.8 Å². The third-order valence-corrected chi connectivity index (χ3v) is 3.45. The highest BCUT2D eigenvalue weighted by Gasteiger charge is 2.40. The van der Waals surface area contributed by atoms with E-state index in [0.29, 0.717) is 5.56 Å². The number of para-hydroxylation sites is 1. The summed E-state index contributed by atoms with van der Waals surface area (Å²) < 4.78 is 0. The highest BCUT2D eigenvalue weighted by atomic mass is 16.6. The first-order chi connectivity index (χ1) is 9.95. The second-order valence-electron chi connectivity index (χ2n) is 4.95. The number of carbonyl (C=O) groups is 1. The van der Waals surface area contributed by atoms with Crippen LogP contribution >= 0.6 is 0 Å². The minimum Gasteiger partial charge on any atom is -0.481 e. The number of rotatable bonds is 5. The molecule has 0 aliphatic heterocycles. The van der Waals surface area contributed by atoms with Crippen molar-refractivity contribution in [2.24, 2.45) is 0 Å². The molecule has 0 spiro atoms. The zero-order chi connectivity index (χ0) is 15.5. The van der Waals surface area contributed by atoms with Crippen molar-refractivity contribution >= 4 is 11.7 Å². The molecule has 6 nitrogen and oxygen atoms in total. The van der Waals surface area contributed by atoms with Crippen molar-refractivity contribution in [3.05, 3.63) is 70.0 Å². The van der Waals surface area contributed by atoms with Crippen molar-refractivity contribution in [3.8, 4) is 0 Å². The van der Waals surface area contributed by atoms with E-state index in [4.69, 9.17) is 0 Å². The summed E-state index contributed by atoms with van der Waals surface area (Å²) in [6.07, 6.45) is 3.28. The predicted molar refractivity (Wildman–Crippen MR) is 76.0 cm³/mol. The Morgan fingerprint density at radius 2 is 2.05 bits per heavy atom. The Morgan fingerprint density at radius 1 is 1.33 bits per heavy atom. The molecule has 0 aliphatic carbocycles. The molecule has 2 rings (SSSR count). The maximum absolute atomic E-state index is 11.8. The largest absolute Gasteiger partial charge is 0.481 e. The molecule has 6 heteroatoms. The number of benzene rings is 1. The van der Waals surface area contributed by atoms with E-state index in [1.54, 1.807) is 30.6 Å². The summed E-state index contributed by atoms with van der Waals surface area (Å²) in [5.41, 5.74) is -0.689. The molecule has 1 aromatic heterocycles. The molecule has 108 valence electrons. The molecule has 1 unspecified atom stereocenters. The number of aromatic nitrogens is 1. The lowest BCUT2D eigenvalue weighted by Gasteiger charge is -2.25. The Balaban J connectivity index is 2.53. The van der Waals surface area contributed by atoms with Gasteiger partial charge in [0.2, 0.25) is 0 Å². The molecule has 1 N–H and O–H groups in total. The van der Waals surface area contributed by atoms with E-state index >= 15 is 0 Å². The molecule has 1 atom stereocenters. The number of carboxylic acids is 1. The van der Waals surface area contributed by atoms with Gasteiger partial charge in [-0.2, -0.15) is 0 Å². The summed E-state index contributed by atoms with van der Waals surface area (Å²) in [5, 5.41) is 20.8. The molecular weight excluding hydrogens is 272 g/mol. The summed E-state index contributed by atoms with van der Waals surface area (Å²) in [6.45, 7) is 1.49. The van der Waals surface area contributed by atoms with Gasteiger partial charge in [0.05, 0.1) is 4.92 Å². The fourth-order valence-electron chi connectivity index (χ4n) is 2.30. The van der Waals surface area contributed by atoms with Crippen LogP contribution in [0.25, 0.3) is 0 Å². The van der Waals surface area contributed by atoms with E-state index in [2.05, 4.69) is 4.98 Å². The molecular formula is C15H14N2O4. The summed E-state index contributed by atoms with van der Waals surface area (Å²) in [5.74, 6) is -1.11. The van der Waals surface area contributed by atoms with E-state index in [-0.39, 0.29) is 17.7 Å². The lowest BCUT2D eigenvalue weighted by Crippen LogP contribution is -2.35. The van der Waals surface area contributed by atoms with Crippen LogP contribution in [0.1, 0.15) is 18.1 Å². The van der Waals surface area contributed by atoms with Crippen LogP contribution in [0.4, 0.5) is 5.69 Å². The predicted octanol–water partition coefficient (Wildman–Crippen LogP) is 2.57. The van der Waals surface area contributed by atoms with Crippen LogP contribution in [0.5, 0.6) is 0 Å². The molecule has 0 saturated heterocycles. The van der Waals surface area contributed by atoms with Gasteiger partial charge < -0.3 is 5.11 Å². The Morgan fingerprint density at radius 3 is 2.62 bits per heavy atom. The van der Waals surface area contributed by atoms with Gasteiger partial charge in [-0.15, -0.1) is 0 Å². The fraction of sp³-hybridized carbons (Fsp3) is 0.200. The highest BCUT2D eigenvalue weighted by molar-refractivity contribution is 5.83. The van der Waals surface area contributed by atoms with Crippen molar-refractivity contribution in [2.45, 2.75) is 18.8 Å². The molecule has 0 radical (unpaired) electrons. The zero-order valence-electron chi connectivity index (χ0n) is 11.4. The minimum atomic E-state index is -1.40. The number of hydrogen-bond donors (Lipinski definition) is 1. The number of nitro benzene ring substituents is 1. The van der Waals surface area contributed by atoms with Crippen LogP contribution in [0, 0.1) is 10.1 Å². The Labute approximate surface area is 121 Å². The molecule has 21 heavy (non-hydrogen) atoms. The number of hydrogen-bond acceptors (Lipinski definition) is 4. The van der Waals surface area contributed by atoms with Crippen LogP contribution in [-0.2, 0) is 16.6 Å². The van der Waals surface area contributed by atoms with Gasteiger partial charge in [0.15, 0.2) is 0 Å². The first kappa shape index (κ1) is 14.6. The lowest BCUT2D eigenvalue weighted by molar-refractivity contribution is -0.386. The van der Waals surface area contributed by atoms with E-state index in [0.717, 1.165) is 0 Å². The zero-order valence-corrected chi connectivity index (χ0v) is 11.4. The minimum absolute atomic E-state index is 0.126. The molecule has 0 fully saturated rings. The third kappa shape index (κ3) is 2.89. The first-order valence-corrected chi connectivity index (χ1v) is 6.31. The van der Waals surface area contributed by atoms with E-state index in [1.165, 1.54) is 25.1 Å². The van der Waals surface area contributed by atoms with Gasteiger partial charge in [-0.1, -0.05) is 24.3 Å². The number of carboxylic acid groups (broad SMARTS) is 1. The van der Waals surface area contributed by atoms with Crippen molar-refractivity contribution in [1.29, 1.82) is 0 Å². The van der Waals surface area contributed by atoms with Gasteiger partial charge >= 0.3 is 5.97 Å². The second-order valence-corrected chi connectivity index (χ2v) is 4.95. The lowest BCUT2D eigenvalue weighted by atomic mass is 9.77. The van der Waals surface area contributed by atoms with Crippen LogP contribution in [0.3, 0.4) is 0 Å². The van der Waals surface area contributed by atoms with Crippen molar-refractivity contribution in [1.82, 2.24) is 4.98 Å². The van der Waals surface area contributed by atoms with E-state index < -0.39 is 16.3 Å². The fourth-order valence-corrected chi connectivity index (χ4v) is 2.30. The van der Waals surface area contributed by atoms with Crippen molar-refractivity contribution < 1.29 is 14.8 Å². The van der Waals surface area contributed by atoms with Crippen LogP contribution in [0.2, 0.25) is 0 Å². The van der Waals surface area contributed by atoms with Gasteiger partial charge in [-0.25, -0.2) is 0 Å². The third-order valence-electron chi connectivity index (χ3n) is 3.45. The molecule has 2 aromatic rings. The van der Waals surface area contributed by atoms with Crippen LogP contribution < -0.4 is 0 Å². The topological polar surface area (TPSA) is 93.3 Å². The Bertz CT molecular complexity index is 672. The Hall–Kier alpha value is -2.76. The van der Waals surface area contributed by atoms with Crippen molar-refractivity contribution in [2.75, 3.05) is 0 Å². The quantitative estimate of drug-likeness (QED) is 0.673. The summed E-state index contributed by atoms with van der Waals surface area (Å²) in [6, 6.07) is 9.39. The number of aliphatic carboxylic acids is 1. The molecule has 0 saturated carbocycles. The van der Waals surface area contributed by atoms with Gasteiger partial charge in [-0.3, -0.25) is 19.9 Å². The number of pyridine rings is 1. The summed E-state index contributed by atoms with van der Waals surface area (Å²) >= 11 is 0. The van der Waals surface area contributed by atoms with Crippen LogP contribution in [-0.4, -0.2) is 21.0 Å². The first-order valence-electron chi connectivity index (χ1n) is 6.31. The maximum Gasteiger partial charge on any atom is 0.314 e. The summed E-state index contributed by atoms with van der Waals surface area (Å²) in [4.78, 5) is 26.3. The van der Waals surface area contributed by atoms with Gasteiger partial charge in [0, 0.05) is 24.0 Å². The number of nitrogens with zero attached hydrogens (tertiary/aromatic N) is 2. The van der Waals surface area contributed by atoms with Crippen molar-refractivity contribution in [3.63, 3.8) is 0 Å². The monoisotopic (exact) mass is 286 g/mol. The highest BCUT2D eigenvalue weighted by Crippen LogP contribution is 2.34. The average molecular weight is 286 g/mol. The molecule has 0 amide bonds. The molecule has 0 bridgehead atoms. The molecule has 1 aromatic carbocycles. The van der Waals surface area contributed by atoms with Gasteiger partial charge in [-0.05, 0) is 25.0 Å². The maximum atomic E-state index is 11.8. The van der Waals surface area contributed by atoms with E-state index in [1.807, 2.05) is 0 Å². The number of nitro groups is 1. The smallest absolute Gasteiger partial charge is 0.314 e. The van der Waals surface area contributed by atoms with E-state index in [9.17, 15) is 20.0 Å². The Kier molecular flexibility index (Phi) is 3.98. The standard InChI is InChI=1S/C15H14N2O4/c1-15(14(18)19,9-11-5-4-8-16-10-11)12-6-2-3-7-13(12)17(20)21/h2-8,10H,9H2,1H3,(H,18,19). The SMILES string of the molecule is CC(Cc1cccnc1)(C(=O)O)c1ccccc1[N+](=O)[O-]. The van der Waals surface area contributed by atoms with Gasteiger partial charge in [0.1, 0.15) is 5.41 Å². The molecule has 1 heterocycles. The summed E-state index contributed by atoms with van der Waals surface area (Å²) in [7, 11) is 0. The average Bonchev–Trinajstić information content (AvgIpc) is 2.48.